The average Bonchev–Trinajstić information content (AvgIpc) is 2.88. The van der Waals surface area contributed by atoms with Gasteiger partial charge in [0.05, 0.1) is 6.10 Å². The monoisotopic (exact) mass is 530 g/mol. The summed E-state index contributed by atoms with van der Waals surface area (Å²) in [5, 5.41) is 2.98. The third-order valence-electron chi connectivity index (χ3n) is 8.63. The average molecular weight is 531 g/mol. The van der Waals surface area contributed by atoms with Gasteiger partial charge in [-0.15, -0.1) is 0 Å². The number of hydrogen-bond donors (Lipinski definition) is 1. The van der Waals surface area contributed by atoms with Crippen LogP contribution in [0, 0.1) is 5.41 Å². The number of carbonyl (C=O) groups excluding carboxylic acids is 2. The molecule has 204 valence electrons. The van der Waals surface area contributed by atoms with Crippen LogP contribution >= 0.6 is 0 Å². The second-order valence-corrected chi connectivity index (χ2v) is 10.6. The first-order valence-corrected chi connectivity index (χ1v) is 13.2. The third-order valence-corrected chi connectivity index (χ3v) is 8.63. The smallest absolute Gasteiger partial charge is 0.430 e. The minimum atomic E-state index is -4.96. The first kappa shape index (κ1) is 26.5. The van der Waals surface area contributed by atoms with Gasteiger partial charge in [-0.05, 0) is 49.1 Å². The molecule has 1 saturated carbocycles. The van der Waals surface area contributed by atoms with E-state index >= 15 is 0 Å². The summed E-state index contributed by atoms with van der Waals surface area (Å²) < 4.78 is 54.8. The van der Waals surface area contributed by atoms with E-state index in [4.69, 9.17) is 9.47 Å². The second-order valence-electron chi connectivity index (χ2n) is 10.6. The minimum Gasteiger partial charge on any atom is -0.490 e. The van der Waals surface area contributed by atoms with E-state index in [1.807, 2.05) is 24.3 Å². The number of nitrogens with zero attached hydrogens (tertiary/aromatic N) is 1. The Labute approximate surface area is 220 Å². The number of ether oxygens (including phenoxy) is 2. The van der Waals surface area contributed by atoms with E-state index in [1.165, 1.54) is 29.2 Å². The van der Waals surface area contributed by atoms with E-state index < -0.39 is 23.1 Å². The summed E-state index contributed by atoms with van der Waals surface area (Å²) in [6.45, 7) is 0.622. The van der Waals surface area contributed by atoms with Gasteiger partial charge >= 0.3 is 6.18 Å². The Morgan fingerprint density at radius 1 is 1.03 bits per heavy atom. The number of likely N-dealkylation sites (tertiary alicyclic amines) is 1. The lowest BCUT2D eigenvalue weighted by Crippen LogP contribution is -2.60. The van der Waals surface area contributed by atoms with E-state index in [0.717, 1.165) is 37.7 Å². The molecule has 1 spiro atoms. The van der Waals surface area contributed by atoms with Gasteiger partial charge in [0.25, 0.3) is 11.5 Å². The summed E-state index contributed by atoms with van der Waals surface area (Å²) in [6, 6.07) is 14.9. The molecule has 2 aromatic rings. The fourth-order valence-electron chi connectivity index (χ4n) is 6.23. The van der Waals surface area contributed by atoms with Crippen molar-refractivity contribution in [3.8, 4) is 5.75 Å². The number of hydrogen-bond acceptors (Lipinski definition) is 4. The number of carbonyl (C=O) groups is 2. The van der Waals surface area contributed by atoms with E-state index in [-0.39, 0.29) is 43.0 Å². The highest BCUT2D eigenvalue weighted by Crippen LogP contribution is 2.52. The largest absolute Gasteiger partial charge is 0.490 e. The summed E-state index contributed by atoms with van der Waals surface area (Å²) in [7, 11) is 0.921. The van der Waals surface area contributed by atoms with Gasteiger partial charge in [0.15, 0.2) is 0 Å². The molecular weight excluding hydrogens is 497 g/mol. The van der Waals surface area contributed by atoms with Crippen LogP contribution in [0.4, 0.5) is 13.2 Å². The highest BCUT2D eigenvalue weighted by molar-refractivity contribution is 5.88. The van der Waals surface area contributed by atoms with Crippen molar-refractivity contribution in [1.29, 1.82) is 0 Å². The maximum absolute atomic E-state index is 14.5. The summed E-state index contributed by atoms with van der Waals surface area (Å²) in [5.41, 5.74) is -2.83. The van der Waals surface area contributed by atoms with Gasteiger partial charge in [-0.3, -0.25) is 9.59 Å². The van der Waals surface area contributed by atoms with Gasteiger partial charge in [0, 0.05) is 44.6 Å². The van der Waals surface area contributed by atoms with Gasteiger partial charge in [-0.1, -0.05) is 48.5 Å². The van der Waals surface area contributed by atoms with Crippen LogP contribution in [-0.4, -0.2) is 55.7 Å². The zero-order valence-corrected chi connectivity index (χ0v) is 21.4. The highest BCUT2D eigenvalue weighted by atomic mass is 19.4. The lowest BCUT2D eigenvalue weighted by atomic mass is 9.62. The molecule has 9 heteroatoms. The number of nitrogens with one attached hydrogen (secondary N) is 1. The molecule has 0 bridgehead atoms. The standard InChI is InChI=1S/C29H33F3N2O4/c1-37-28(29(30,31)32,20-8-3-2-4-9-20)26(36)34-16-14-27(15-17-34)18-25(35)33-19-23(27)22-12-5-6-13-24(22)38-21-10-7-11-21/h2-6,8-9,12-13,21,23H,7,10-11,14-19H2,1H3,(H,33,35)/t23-,28-/m1/s1. The van der Waals surface area contributed by atoms with E-state index in [1.54, 1.807) is 6.07 Å². The van der Waals surface area contributed by atoms with Crippen molar-refractivity contribution >= 4 is 11.8 Å². The molecule has 1 N–H and O–H groups in total. The van der Waals surface area contributed by atoms with Gasteiger partial charge in [-0.25, -0.2) is 0 Å². The fourth-order valence-corrected chi connectivity index (χ4v) is 6.23. The van der Waals surface area contributed by atoms with Crippen molar-refractivity contribution in [2.24, 2.45) is 5.41 Å². The van der Waals surface area contributed by atoms with Gasteiger partial charge < -0.3 is 19.7 Å². The molecule has 2 saturated heterocycles. The van der Waals surface area contributed by atoms with Gasteiger partial charge in [-0.2, -0.15) is 13.2 Å². The molecular formula is C29H33F3N2O4. The molecule has 0 unspecified atom stereocenters. The molecule has 2 amide bonds. The second kappa shape index (κ2) is 10.2. The number of amides is 2. The predicted molar refractivity (Wildman–Crippen MR) is 135 cm³/mol. The molecule has 1 aliphatic carbocycles. The van der Waals surface area contributed by atoms with Crippen molar-refractivity contribution in [2.45, 2.75) is 62.3 Å². The maximum atomic E-state index is 14.5. The molecule has 3 aliphatic rings. The van der Waals surface area contributed by atoms with E-state index in [2.05, 4.69) is 5.32 Å². The summed E-state index contributed by atoms with van der Waals surface area (Å²) >= 11 is 0. The maximum Gasteiger partial charge on any atom is 0.430 e. The Morgan fingerprint density at radius 2 is 1.68 bits per heavy atom. The fraction of sp³-hybridized carbons (Fsp3) is 0.517. The SMILES string of the molecule is CO[C@@](C(=O)N1CCC2(CC1)CC(=O)NC[C@@H]2c1ccccc1OC1CCC1)(c1ccccc1)C(F)(F)F. The number of halogens is 3. The van der Waals surface area contributed by atoms with Crippen molar-refractivity contribution in [1.82, 2.24) is 10.2 Å². The molecule has 0 aromatic heterocycles. The van der Waals surface area contributed by atoms with Crippen LogP contribution < -0.4 is 10.1 Å². The Morgan fingerprint density at radius 3 is 2.29 bits per heavy atom. The predicted octanol–water partition coefficient (Wildman–Crippen LogP) is 4.93. The van der Waals surface area contributed by atoms with Gasteiger partial charge in [0.1, 0.15) is 5.75 Å². The van der Waals surface area contributed by atoms with Crippen molar-refractivity contribution in [3.63, 3.8) is 0 Å². The summed E-state index contributed by atoms with van der Waals surface area (Å²) in [6.07, 6.45) is -0.538. The first-order chi connectivity index (χ1) is 18.2. The normalized spacial score (nSPS) is 23.3. The zero-order chi connectivity index (χ0) is 27.0. The minimum absolute atomic E-state index is 0.0716. The Kier molecular flexibility index (Phi) is 7.15. The van der Waals surface area contributed by atoms with Crippen LogP contribution in [-0.2, 0) is 19.9 Å². The quantitative estimate of drug-likeness (QED) is 0.575. The van der Waals surface area contributed by atoms with E-state index in [9.17, 15) is 22.8 Å². The van der Waals surface area contributed by atoms with Crippen LogP contribution in [0.5, 0.6) is 5.75 Å². The zero-order valence-electron chi connectivity index (χ0n) is 21.4. The van der Waals surface area contributed by atoms with Gasteiger partial charge in [0.2, 0.25) is 5.91 Å². The molecule has 5 rings (SSSR count). The lowest BCUT2D eigenvalue weighted by Gasteiger charge is -2.50. The number of alkyl halides is 3. The summed E-state index contributed by atoms with van der Waals surface area (Å²) in [4.78, 5) is 27.4. The molecule has 38 heavy (non-hydrogen) atoms. The number of rotatable bonds is 6. The number of methoxy groups -OCH3 is 1. The van der Waals surface area contributed by atoms with Crippen LogP contribution in [0.3, 0.4) is 0 Å². The molecule has 0 radical (unpaired) electrons. The molecule has 2 atom stereocenters. The Balaban J connectivity index is 1.41. The topological polar surface area (TPSA) is 67.9 Å². The van der Waals surface area contributed by atoms with E-state index in [0.29, 0.717) is 19.4 Å². The van der Waals surface area contributed by atoms with Crippen molar-refractivity contribution in [2.75, 3.05) is 26.7 Å². The van der Waals surface area contributed by atoms with Crippen LogP contribution in [0.1, 0.15) is 55.6 Å². The lowest BCUT2D eigenvalue weighted by molar-refractivity contribution is -0.271. The van der Waals surface area contributed by atoms with Crippen LogP contribution in [0.25, 0.3) is 0 Å². The first-order valence-electron chi connectivity index (χ1n) is 13.2. The Hall–Kier alpha value is -3.07. The molecule has 2 aromatic carbocycles. The Bertz CT molecular complexity index is 1160. The molecule has 2 aliphatic heterocycles. The molecule has 6 nitrogen and oxygen atoms in total. The summed E-state index contributed by atoms with van der Waals surface area (Å²) in [5.74, 6) is -0.475. The van der Waals surface area contributed by atoms with Crippen LogP contribution in [0.2, 0.25) is 0 Å². The highest BCUT2D eigenvalue weighted by Gasteiger charge is 2.64. The number of benzene rings is 2. The van der Waals surface area contributed by atoms with Crippen molar-refractivity contribution < 1.29 is 32.2 Å². The molecule has 3 fully saturated rings. The number of para-hydroxylation sites is 1. The van der Waals surface area contributed by atoms with Crippen LogP contribution in [0.15, 0.2) is 54.6 Å². The molecule has 2 heterocycles. The number of piperidine rings is 2. The third kappa shape index (κ3) is 4.55. The van der Waals surface area contributed by atoms with Crippen molar-refractivity contribution in [3.05, 3.63) is 65.7 Å².